The van der Waals surface area contributed by atoms with Gasteiger partial charge in [-0.3, -0.25) is 0 Å². The molecule has 0 atom stereocenters. The van der Waals surface area contributed by atoms with Gasteiger partial charge in [-0.05, 0) is 25.8 Å². The fourth-order valence-corrected chi connectivity index (χ4v) is 3.03. The van der Waals surface area contributed by atoms with E-state index in [1.165, 1.54) is 0 Å². The second-order valence-corrected chi connectivity index (χ2v) is 7.20. The minimum atomic E-state index is -2.82. The first-order valence-corrected chi connectivity index (χ1v) is 8.54. The van der Waals surface area contributed by atoms with Crippen molar-refractivity contribution in [1.82, 2.24) is 4.90 Å². The minimum absolute atomic E-state index is 0.0785. The molecule has 5 nitrogen and oxygen atoms in total. The van der Waals surface area contributed by atoms with Crippen LogP contribution in [-0.2, 0) is 14.6 Å². The predicted octanol–water partition coefficient (Wildman–Crippen LogP) is 0.285. The SMILES string of the molecule is CCS(=O)(=O)CCCN1CCC(OCCO)CC1. The lowest BCUT2D eigenvalue weighted by atomic mass is 10.1. The number of piperidine rings is 1. The third-order valence-electron chi connectivity index (χ3n) is 3.35. The van der Waals surface area contributed by atoms with Crippen LogP contribution in [0, 0.1) is 0 Å². The molecule has 0 radical (unpaired) electrons. The van der Waals surface area contributed by atoms with E-state index in [0.29, 0.717) is 12.4 Å². The maximum Gasteiger partial charge on any atom is 0.150 e. The first-order chi connectivity index (χ1) is 8.57. The van der Waals surface area contributed by atoms with E-state index in [-0.39, 0.29) is 18.5 Å². The lowest BCUT2D eigenvalue weighted by Crippen LogP contribution is -2.38. The Hall–Kier alpha value is -0.170. The highest BCUT2D eigenvalue weighted by molar-refractivity contribution is 7.91. The number of sulfone groups is 1. The molecule has 6 heteroatoms. The van der Waals surface area contributed by atoms with E-state index < -0.39 is 9.84 Å². The topological polar surface area (TPSA) is 66.8 Å². The number of aliphatic hydroxyl groups excluding tert-OH is 1. The number of aliphatic hydroxyl groups is 1. The van der Waals surface area contributed by atoms with Crippen LogP contribution in [0.15, 0.2) is 0 Å². The Kier molecular flexibility index (Phi) is 7.14. The summed E-state index contributed by atoms with van der Waals surface area (Å²) in [5.74, 6) is 0.536. The van der Waals surface area contributed by atoms with Gasteiger partial charge in [0, 0.05) is 18.8 Å². The van der Waals surface area contributed by atoms with Crippen molar-refractivity contribution in [3.05, 3.63) is 0 Å². The maximum atomic E-state index is 11.3. The number of likely N-dealkylation sites (tertiary alicyclic amines) is 1. The quantitative estimate of drug-likeness (QED) is 0.691. The van der Waals surface area contributed by atoms with Gasteiger partial charge in [0.25, 0.3) is 0 Å². The lowest BCUT2D eigenvalue weighted by molar-refractivity contribution is -0.00760. The molecular weight excluding hydrogens is 254 g/mol. The molecule has 0 bridgehead atoms. The Morgan fingerprint density at radius 2 is 2.00 bits per heavy atom. The summed E-state index contributed by atoms with van der Waals surface area (Å²) in [5, 5.41) is 8.67. The Morgan fingerprint density at radius 3 is 2.56 bits per heavy atom. The summed E-state index contributed by atoms with van der Waals surface area (Å²) in [5.41, 5.74) is 0. The van der Waals surface area contributed by atoms with Crippen LogP contribution >= 0.6 is 0 Å². The van der Waals surface area contributed by atoms with E-state index in [2.05, 4.69) is 4.90 Å². The molecule has 1 N–H and O–H groups in total. The van der Waals surface area contributed by atoms with Gasteiger partial charge < -0.3 is 14.7 Å². The van der Waals surface area contributed by atoms with Crippen molar-refractivity contribution in [2.24, 2.45) is 0 Å². The molecule has 18 heavy (non-hydrogen) atoms. The largest absolute Gasteiger partial charge is 0.394 e. The van der Waals surface area contributed by atoms with Gasteiger partial charge in [-0.15, -0.1) is 0 Å². The highest BCUT2D eigenvalue weighted by Crippen LogP contribution is 2.13. The zero-order valence-corrected chi connectivity index (χ0v) is 12.0. The van der Waals surface area contributed by atoms with E-state index in [1.807, 2.05) is 0 Å². The van der Waals surface area contributed by atoms with Crippen LogP contribution in [0.2, 0.25) is 0 Å². The molecule has 108 valence electrons. The van der Waals surface area contributed by atoms with Crippen LogP contribution in [0.3, 0.4) is 0 Å². The molecule has 0 aliphatic carbocycles. The summed E-state index contributed by atoms with van der Waals surface area (Å²) >= 11 is 0. The Labute approximate surface area is 110 Å². The first kappa shape index (κ1) is 15.9. The standard InChI is InChI=1S/C12H25NO4S/c1-2-18(15,16)11-3-6-13-7-4-12(5-8-13)17-10-9-14/h12,14H,2-11H2,1H3. The molecule has 1 aliphatic heterocycles. The highest BCUT2D eigenvalue weighted by Gasteiger charge is 2.19. The molecule has 0 aromatic heterocycles. The molecule has 0 unspecified atom stereocenters. The van der Waals surface area contributed by atoms with Crippen LogP contribution in [0.5, 0.6) is 0 Å². The van der Waals surface area contributed by atoms with Gasteiger partial charge in [0.2, 0.25) is 0 Å². The van der Waals surface area contributed by atoms with Crippen LogP contribution in [0.4, 0.5) is 0 Å². The van der Waals surface area contributed by atoms with E-state index >= 15 is 0 Å². The number of ether oxygens (including phenoxy) is 1. The van der Waals surface area contributed by atoms with Gasteiger partial charge in [-0.25, -0.2) is 8.42 Å². The second-order valence-electron chi connectivity index (χ2n) is 4.73. The molecule has 1 rings (SSSR count). The van der Waals surface area contributed by atoms with Crippen molar-refractivity contribution < 1.29 is 18.3 Å². The molecule has 1 saturated heterocycles. The van der Waals surface area contributed by atoms with Gasteiger partial charge in [-0.2, -0.15) is 0 Å². The van der Waals surface area contributed by atoms with Gasteiger partial charge in [0.05, 0.1) is 25.1 Å². The normalized spacial score (nSPS) is 19.2. The fourth-order valence-electron chi connectivity index (χ4n) is 2.17. The molecule has 0 aromatic carbocycles. The average Bonchev–Trinajstić information content (AvgIpc) is 2.38. The van der Waals surface area contributed by atoms with Gasteiger partial charge >= 0.3 is 0 Å². The first-order valence-electron chi connectivity index (χ1n) is 6.72. The number of rotatable bonds is 8. The molecular formula is C12H25NO4S. The highest BCUT2D eigenvalue weighted by atomic mass is 32.2. The van der Waals surface area contributed by atoms with Crippen molar-refractivity contribution in [3.8, 4) is 0 Å². The monoisotopic (exact) mass is 279 g/mol. The Bertz CT molecular complexity index is 310. The third-order valence-corrected chi connectivity index (χ3v) is 5.14. The Morgan fingerprint density at radius 1 is 1.33 bits per heavy atom. The van der Waals surface area contributed by atoms with Crippen LogP contribution in [0.1, 0.15) is 26.2 Å². The van der Waals surface area contributed by atoms with Crippen molar-refractivity contribution in [2.75, 3.05) is 44.4 Å². The van der Waals surface area contributed by atoms with Gasteiger partial charge in [0.1, 0.15) is 9.84 Å². The molecule has 1 fully saturated rings. The summed E-state index contributed by atoms with van der Waals surface area (Å²) in [4.78, 5) is 2.30. The van der Waals surface area contributed by atoms with Gasteiger partial charge in [0.15, 0.2) is 0 Å². The zero-order chi connectivity index (χ0) is 13.4. The van der Waals surface area contributed by atoms with E-state index in [9.17, 15) is 8.42 Å². The van der Waals surface area contributed by atoms with Crippen LogP contribution < -0.4 is 0 Å². The third kappa shape index (κ3) is 6.13. The summed E-state index contributed by atoms with van der Waals surface area (Å²) in [6.45, 7) is 4.96. The molecule has 1 heterocycles. The van der Waals surface area contributed by atoms with Crippen molar-refractivity contribution in [3.63, 3.8) is 0 Å². The summed E-state index contributed by atoms with van der Waals surface area (Å²) in [6, 6.07) is 0. The smallest absolute Gasteiger partial charge is 0.150 e. The molecule has 0 aromatic rings. The Balaban J connectivity index is 2.12. The maximum absolute atomic E-state index is 11.3. The predicted molar refractivity (Wildman–Crippen MR) is 71.4 cm³/mol. The van der Waals surface area contributed by atoms with Crippen molar-refractivity contribution in [2.45, 2.75) is 32.3 Å². The van der Waals surface area contributed by atoms with Crippen molar-refractivity contribution >= 4 is 9.84 Å². The summed E-state index contributed by atoms with van der Waals surface area (Å²) in [6.07, 6.45) is 2.92. The number of hydrogen-bond donors (Lipinski definition) is 1. The number of nitrogens with zero attached hydrogens (tertiary/aromatic N) is 1. The lowest BCUT2D eigenvalue weighted by Gasteiger charge is -2.31. The molecule has 0 spiro atoms. The second kappa shape index (κ2) is 8.09. The van der Waals surface area contributed by atoms with E-state index in [1.54, 1.807) is 6.92 Å². The molecule has 1 aliphatic rings. The van der Waals surface area contributed by atoms with Crippen molar-refractivity contribution in [1.29, 1.82) is 0 Å². The zero-order valence-electron chi connectivity index (χ0n) is 11.2. The van der Waals surface area contributed by atoms with E-state index in [0.717, 1.165) is 38.9 Å². The van der Waals surface area contributed by atoms with E-state index in [4.69, 9.17) is 9.84 Å². The minimum Gasteiger partial charge on any atom is -0.394 e. The van der Waals surface area contributed by atoms with Crippen LogP contribution in [0.25, 0.3) is 0 Å². The summed E-state index contributed by atoms with van der Waals surface area (Å²) < 4.78 is 28.2. The summed E-state index contributed by atoms with van der Waals surface area (Å²) in [7, 11) is -2.82. The van der Waals surface area contributed by atoms with Crippen LogP contribution in [-0.4, -0.2) is 68.9 Å². The fraction of sp³-hybridized carbons (Fsp3) is 1.00. The van der Waals surface area contributed by atoms with Gasteiger partial charge in [-0.1, -0.05) is 6.92 Å². The molecule has 0 saturated carbocycles. The average molecular weight is 279 g/mol. The molecule has 0 amide bonds. The number of hydrogen-bond acceptors (Lipinski definition) is 5.